The van der Waals surface area contributed by atoms with Gasteiger partial charge in [0.1, 0.15) is 5.56 Å². The molecule has 6 heteroatoms. The number of amides is 1. The third-order valence-electron chi connectivity index (χ3n) is 6.15. The lowest BCUT2D eigenvalue weighted by Crippen LogP contribution is -2.41. The quantitative estimate of drug-likeness (QED) is 0.602. The third kappa shape index (κ3) is 4.08. The van der Waals surface area contributed by atoms with Crippen LogP contribution in [0.25, 0.3) is 5.65 Å². The van der Waals surface area contributed by atoms with Crippen molar-refractivity contribution in [1.82, 2.24) is 19.9 Å². The van der Waals surface area contributed by atoms with E-state index < -0.39 is 0 Å². The summed E-state index contributed by atoms with van der Waals surface area (Å²) in [5, 5.41) is 7.72. The van der Waals surface area contributed by atoms with Crippen LogP contribution in [0.5, 0.6) is 0 Å². The monoisotopic (exact) mass is 454 g/mol. The van der Waals surface area contributed by atoms with Crippen LogP contribution in [0.15, 0.2) is 34.9 Å². The van der Waals surface area contributed by atoms with Crippen molar-refractivity contribution in [2.45, 2.75) is 58.9 Å². The number of carbonyl (C=O) groups is 1. The van der Waals surface area contributed by atoms with E-state index in [0.717, 1.165) is 34.3 Å². The first-order valence-electron chi connectivity index (χ1n) is 10.3. The molecule has 1 aliphatic rings. The van der Waals surface area contributed by atoms with Crippen molar-refractivity contribution in [2.75, 3.05) is 0 Å². The fourth-order valence-corrected chi connectivity index (χ4v) is 4.80. The van der Waals surface area contributed by atoms with Gasteiger partial charge in [0.2, 0.25) is 0 Å². The van der Waals surface area contributed by atoms with Gasteiger partial charge in [0.25, 0.3) is 5.91 Å². The second kappa shape index (κ2) is 8.27. The van der Waals surface area contributed by atoms with E-state index in [9.17, 15) is 4.79 Å². The number of aryl methyl sites for hydroxylation is 2. The van der Waals surface area contributed by atoms with Crippen molar-refractivity contribution in [1.29, 1.82) is 0 Å². The largest absolute Gasteiger partial charge is 0.349 e. The normalized spacial score (nSPS) is 19.4. The van der Waals surface area contributed by atoms with Crippen molar-refractivity contribution in [3.63, 3.8) is 0 Å². The summed E-state index contributed by atoms with van der Waals surface area (Å²) in [5.74, 6) is 0.451. The summed E-state index contributed by atoms with van der Waals surface area (Å²) in [4.78, 5) is 17.7. The summed E-state index contributed by atoms with van der Waals surface area (Å²) >= 11 is 3.54. The van der Waals surface area contributed by atoms with Gasteiger partial charge in [-0.05, 0) is 55.9 Å². The molecular weight excluding hydrogens is 428 g/mol. The SMILES string of the molecule is Cc1nc2c(C(=O)NC3CCCCC3C)cnn2c(C)c1Cc1cccc(Br)c1. The third-order valence-corrected chi connectivity index (χ3v) is 6.64. The molecule has 1 fully saturated rings. The first-order chi connectivity index (χ1) is 13.9. The Morgan fingerprint density at radius 1 is 1.28 bits per heavy atom. The fraction of sp³-hybridized carbons (Fsp3) is 0.435. The molecule has 1 aliphatic carbocycles. The standard InChI is InChI=1S/C23H27BrN4O/c1-14-7-4-5-10-21(14)27-23(29)20-13-25-28-16(3)19(15(2)26-22(20)28)12-17-8-6-9-18(24)11-17/h6,8-9,11,13-14,21H,4-5,7,10,12H2,1-3H3,(H,27,29). The zero-order valence-electron chi connectivity index (χ0n) is 17.2. The van der Waals surface area contributed by atoms with Gasteiger partial charge in [-0.3, -0.25) is 4.79 Å². The number of halogens is 1. The molecule has 3 aromatic rings. The average Bonchev–Trinajstić information content (AvgIpc) is 3.11. The topological polar surface area (TPSA) is 59.3 Å². The molecule has 0 aliphatic heterocycles. The summed E-state index contributed by atoms with van der Waals surface area (Å²) in [6.07, 6.45) is 7.09. The molecular formula is C23H27BrN4O. The van der Waals surface area contributed by atoms with Crippen LogP contribution in [0.3, 0.4) is 0 Å². The Balaban J connectivity index is 1.64. The van der Waals surface area contributed by atoms with Gasteiger partial charge in [-0.2, -0.15) is 5.10 Å². The van der Waals surface area contributed by atoms with Gasteiger partial charge in [-0.15, -0.1) is 0 Å². The molecule has 152 valence electrons. The Labute approximate surface area is 180 Å². The Morgan fingerprint density at radius 3 is 2.83 bits per heavy atom. The minimum atomic E-state index is -0.0650. The molecule has 5 nitrogen and oxygen atoms in total. The highest BCUT2D eigenvalue weighted by Crippen LogP contribution is 2.25. The van der Waals surface area contributed by atoms with Crippen LogP contribution >= 0.6 is 15.9 Å². The van der Waals surface area contributed by atoms with Crippen LogP contribution in [0.1, 0.15) is 65.5 Å². The summed E-state index contributed by atoms with van der Waals surface area (Å²) in [6.45, 7) is 6.28. The second-order valence-corrected chi connectivity index (χ2v) is 9.12. The maximum Gasteiger partial charge on any atom is 0.256 e. The zero-order chi connectivity index (χ0) is 20.5. The molecule has 0 radical (unpaired) electrons. The minimum absolute atomic E-state index is 0.0650. The first-order valence-corrected chi connectivity index (χ1v) is 11.1. The van der Waals surface area contributed by atoms with E-state index in [0.29, 0.717) is 17.1 Å². The Morgan fingerprint density at radius 2 is 2.07 bits per heavy atom. The van der Waals surface area contributed by atoms with Crippen molar-refractivity contribution in [3.8, 4) is 0 Å². The lowest BCUT2D eigenvalue weighted by atomic mass is 9.86. The van der Waals surface area contributed by atoms with Crippen LogP contribution in [-0.2, 0) is 6.42 Å². The molecule has 2 heterocycles. The average molecular weight is 455 g/mol. The number of hydrogen-bond donors (Lipinski definition) is 1. The van der Waals surface area contributed by atoms with E-state index in [4.69, 9.17) is 4.98 Å². The van der Waals surface area contributed by atoms with Crippen molar-refractivity contribution in [2.24, 2.45) is 5.92 Å². The minimum Gasteiger partial charge on any atom is -0.349 e. The number of fused-ring (bicyclic) bond motifs is 1. The molecule has 0 bridgehead atoms. The molecule has 2 aromatic heterocycles. The van der Waals surface area contributed by atoms with E-state index in [1.54, 1.807) is 10.7 Å². The fourth-order valence-electron chi connectivity index (χ4n) is 4.35. The van der Waals surface area contributed by atoms with Crippen LogP contribution < -0.4 is 5.32 Å². The second-order valence-electron chi connectivity index (χ2n) is 8.20. The van der Waals surface area contributed by atoms with Gasteiger partial charge in [0.15, 0.2) is 5.65 Å². The molecule has 1 saturated carbocycles. The van der Waals surface area contributed by atoms with Crippen molar-refractivity contribution in [3.05, 3.63) is 63.0 Å². The van der Waals surface area contributed by atoms with Gasteiger partial charge >= 0.3 is 0 Å². The number of rotatable bonds is 4. The van der Waals surface area contributed by atoms with E-state index in [-0.39, 0.29) is 11.9 Å². The van der Waals surface area contributed by atoms with E-state index in [1.807, 2.05) is 26.0 Å². The van der Waals surface area contributed by atoms with Crippen molar-refractivity contribution >= 4 is 27.5 Å². The van der Waals surface area contributed by atoms with Crippen LogP contribution in [0.4, 0.5) is 0 Å². The lowest BCUT2D eigenvalue weighted by Gasteiger charge is -2.29. The molecule has 29 heavy (non-hydrogen) atoms. The highest BCUT2D eigenvalue weighted by atomic mass is 79.9. The highest BCUT2D eigenvalue weighted by Gasteiger charge is 2.25. The van der Waals surface area contributed by atoms with Gasteiger partial charge < -0.3 is 5.32 Å². The highest BCUT2D eigenvalue weighted by molar-refractivity contribution is 9.10. The predicted molar refractivity (Wildman–Crippen MR) is 118 cm³/mol. The predicted octanol–water partition coefficient (Wildman–Crippen LogP) is 5.01. The number of benzene rings is 1. The molecule has 2 atom stereocenters. The Kier molecular flexibility index (Phi) is 5.72. The molecule has 1 N–H and O–H groups in total. The van der Waals surface area contributed by atoms with Gasteiger partial charge in [0, 0.05) is 28.3 Å². The smallest absolute Gasteiger partial charge is 0.256 e. The maximum absolute atomic E-state index is 13.0. The summed E-state index contributed by atoms with van der Waals surface area (Å²) in [6, 6.07) is 8.54. The molecule has 1 amide bonds. The summed E-state index contributed by atoms with van der Waals surface area (Å²) in [5.41, 5.74) is 5.52. The molecule has 0 saturated heterocycles. The van der Waals surface area contributed by atoms with E-state index >= 15 is 0 Å². The number of aromatic nitrogens is 3. The molecule has 1 aromatic carbocycles. The van der Waals surface area contributed by atoms with Crippen LogP contribution in [0.2, 0.25) is 0 Å². The summed E-state index contributed by atoms with van der Waals surface area (Å²) in [7, 11) is 0. The summed E-state index contributed by atoms with van der Waals surface area (Å²) < 4.78 is 2.87. The first kappa shape index (κ1) is 20.1. The maximum atomic E-state index is 13.0. The Hall–Kier alpha value is -2.21. The number of carbonyl (C=O) groups excluding carboxylic acids is 1. The molecule has 2 unspecified atom stereocenters. The number of nitrogens with zero attached hydrogens (tertiary/aromatic N) is 3. The number of nitrogens with one attached hydrogen (secondary N) is 1. The lowest BCUT2D eigenvalue weighted by molar-refractivity contribution is 0.0912. The number of hydrogen-bond acceptors (Lipinski definition) is 3. The van der Waals surface area contributed by atoms with Gasteiger partial charge in [0.05, 0.1) is 6.20 Å². The van der Waals surface area contributed by atoms with E-state index in [1.165, 1.54) is 24.8 Å². The molecule has 4 rings (SSSR count). The van der Waals surface area contributed by atoms with Crippen molar-refractivity contribution < 1.29 is 4.79 Å². The van der Waals surface area contributed by atoms with Crippen LogP contribution in [0, 0.1) is 19.8 Å². The van der Waals surface area contributed by atoms with Gasteiger partial charge in [-0.1, -0.05) is 47.8 Å². The van der Waals surface area contributed by atoms with Crippen LogP contribution in [-0.4, -0.2) is 26.5 Å². The molecule has 0 spiro atoms. The van der Waals surface area contributed by atoms with Gasteiger partial charge in [-0.25, -0.2) is 9.50 Å². The zero-order valence-corrected chi connectivity index (χ0v) is 18.8. The van der Waals surface area contributed by atoms with E-state index in [2.05, 4.69) is 45.4 Å². The Bertz CT molecular complexity index is 1060.